The molecule has 2 atom stereocenters. The van der Waals surface area contributed by atoms with Crippen molar-refractivity contribution in [2.24, 2.45) is 11.3 Å². The number of carboxylic acids is 1. The molecule has 1 saturated carbocycles. The van der Waals surface area contributed by atoms with Gasteiger partial charge in [-0.2, -0.15) is 0 Å². The topological polar surface area (TPSA) is 62.2 Å². The highest BCUT2D eigenvalue weighted by atomic mass is 35.5. The second-order valence-corrected chi connectivity index (χ2v) is 11.8. The van der Waals surface area contributed by atoms with Crippen LogP contribution in [0.25, 0.3) is 0 Å². The smallest absolute Gasteiger partial charge is 0.309 e. The summed E-state index contributed by atoms with van der Waals surface area (Å²) in [6.45, 7) is 9.17. The van der Waals surface area contributed by atoms with E-state index >= 15 is 4.39 Å². The lowest BCUT2D eigenvalue weighted by Crippen LogP contribution is -2.61. The van der Waals surface area contributed by atoms with Crippen LogP contribution in [0.2, 0.25) is 10.0 Å². The largest absolute Gasteiger partial charge is 0.483 e. The fourth-order valence-corrected chi connectivity index (χ4v) is 6.34. The monoisotopic (exact) mass is 550 g/mol. The summed E-state index contributed by atoms with van der Waals surface area (Å²) in [6, 6.07) is 9.18. The molecular formula is C28H33Cl2FN2O4. The minimum absolute atomic E-state index is 0.0676. The predicted octanol–water partition coefficient (Wildman–Crippen LogP) is 5.97. The van der Waals surface area contributed by atoms with E-state index in [9.17, 15) is 9.90 Å². The lowest BCUT2D eigenvalue weighted by Gasteiger charge is -2.52. The van der Waals surface area contributed by atoms with Gasteiger partial charge in [0.05, 0.1) is 23.8 Å². The van der Waals surface area contributed by atoms with Crippen molar-refractivity contribution in [2.75, 3.05) is 37.7 Å². The first-order chi connectivity index (χ1) is 17.6. The van der Waals surface area contributed by atoms with Gasteiger partial charge >= 0.3 is 5.97 Å². The van der Waals surface area contributed by atoms with Gasteiger partial charge in [-0.25, -0.2) is 4.39 Å². The van der Waals surface area contributed by atoms with E-state index in [2.05, 4.69) is 4.90 Å². The van der Waals surface area contributed by atoms with Gasteiger partial charge in [0.25, 0.3) is 0 Å². The van der Waals surface area contributed by atoms with Gasteiger partial charge in [0, 0.05) is 53.7 Å². The molecule has 9 heteroatoms. The van der Waals surface area contributed by atoms with Gasteiger partial charge in [-0.1, -0.05) is 35.3 Å². The standard InChI is InChI=1S/C28H33Cl2FN2O4/c1-16-4-7-23(25(31)26(16)37-17(2)21-6-5-19(29)10-22(21)30)33-13-18(14-33)24-15-32(8-9-36-24)20-11-28(3,12-20)27(34)35/h4-7,10,17-18,20,24H,8-9,11-15H2,1-3H3,(H,34,35)/t17-,20?,24+,28?/m1/s1. The Labute approximate surface area is 227 Å². The molecule has 1 N–H and O–H groups in total. The summed E-state index contributed by atoms with van der Waals surface area (Å²) in [5, 5.41) is 10.4. The van der Waals surface area contributed by atoms with Gasteiger partial charge in [-0.15, -0.1) is 0 Å². The van der Waals surface area contributed by atoms with Crippen molar-refractivity contribution in [3.8, 4) is 5.75 Å². The number of halogens is 3. The fourth-order valence-electron chi connectivity index (χ4n) is 5.77. The summed E-state index contributed by atoms with van der Waals surface area (Å²) in [6.07, 6.45) is 0.984. The number of ether oxygens (including phenoxy) is 2. The third-order valence-corrected chi connectivity index (χ3v) is 8.84. The number of anilines is 1. The first-order valence-corrected chi connectivity index (χ1v) is 13.6. The fraction of sp³-hybridized carbons (Fsp3) is 0.536. The normalized spacial score (nSPS) is 27.4. The van der Waals surface area contributed by atoms with Gasteiger partial charge < -0.3 is 19.5 Å². The number of carboxylic acid groups (broad SMARTS) is 1. The molecular weight excluding hydrogens is 518 g/mol. The van der Waals surface area contributed by atoms with Crippen LogP contribution in [-0.4, -0.2) is 60.9 Å². The van der Waals surface area contributed by atoms with Crippen molar-refractivity contribution in [3.63, 3.8) is 0 Å². The lowest BCUT2D eigenvalue weighted by atomic mass is 9.66. The maximum absolute atomic E-state index is 15.7. The van der Waals surface area contributed by atoms with Crippen LogP contribution in [0.5, 0.6) is 5.75 Å². The molecule has 3 fully saturated rings. The van der Waals surface area contributed by atoms with Crippen molar-refractivity contribution in [2.45, 2.75) is 51.9 Å². The van der Waals surface area contributed by atoms with E-state index in [0.29, 0.717) is 60.2 Å². The Hall–Kier alpha value is -2.06. The van der Waals surface area contributed by atoms with Gasteiger partial charge in [-0.05, 0) is 57.4 Å². The SMILES string of the molecule is Cc1ccc(N2CC([C@@H]3CN(C4CC(C)(C(=O)O)C4)CCO3)C2)c(F)c1O[C@H](C)c1ccc(Cl)cc1Cl. The summed E-state index contributed by atoms with van der Waals surface area (Å²) in [7, 11) is 0. The van der Waals surface area contributed by atoms with Crippen molar-refractivity contribution < 1.29 is 23.8 Å². The van der Waals surface area contributed by atoms with E-state index in [4.69, 9.17) is 32.7 Å². The Balaban J connectivity index is 1.21. The number of carbonyl (C=O) groups is 1. The molecule has 1 aliphatic carbocycles. The Morgan fingerprint density at radius 2 is 1.95 bits per heavy atom. The quantitative estimate of drug-likeness (QED) is 0.458. The molecule has 3 aliphatic rings. The van der Waals surface area contributed by atoms with Crippen molar-refractivity contribution >= 4 is 34.9 Å². The molecule has 5 rings (SSSR count). The van der Waals surface area contributed by atoms with Crippen LogP contribution in [-0.2, 0) is 9.53 Å². The van der Waals surface area contributed by atoms with Crippen molar-refractivity contribution in [3.05, 3.63) is 57.3 Å². The molecule has 2 saturated heterocycles. The van der Waals surface area contributed by atoms with Crippen LogP contribution in [0.3, 0.4) is 0 Å². The van der Waals surface area contributed by atoms with Crippen LogP contribution >= 0.6 is 23.2 Å². The van der Waals surface area contributed by atoms with Crippen molar-refractivity contribution in [1.82, 2.24) is 4.90 Å². The number of hydrogen-bond donors (Lipinski definition) is 1. The molecule has 2 heterocycles. The number of hydrogen-bond acceptors (Lipinski definition) is 5. The summed E-state index contributed by atoms with van der Waals surface area (Å²) in [4.78, 5) is 15.9. The molecule has 37 heavy (non-hydrogen) atoms. The molecule has 2 aromatic carbocycles. The second-order valence-electron chi connectivity index (χ2n) is 11.0. The molecule has 0 spiro atoms. The summed E-state index contributed by atoms with van der Waals surface area (Å²) >= 11 is 12.3. The molecule has 200 valence electrons. The summed E-state index contributed by atoms with van der Waals surface area (Å²) < 4.78 is 27.8. The highest BCUT2D eigenvalue weighted by Crippen LogP contribution is 2.45. The zero-order valence-corrected chi connectivity index (χ0v) is 22.9. The maximum Gasteiger partial charge on any atom is 0.309 e. The Bertz CT molecular complexity index is 1180. The summed E-state index contributed by atoms with van der Waals surface area (Å²) in [5.74, 6) is -0.557. The van der Waals surface area contributed by atoms with Gasteiger partial charge in [0.15, 0.2) is 11.6 Å². The third-order valence-electron chi connectivity index (χ3n) is 8.27. The van der Waals surface area contributed by atoms with Crippen LogP contribution in [0.4, 0.5) is 10.1 Å². The second kappa shape index (κ2) is 10.3. The van der Waals surface area contributed by atoms with Crippen LogP contribution in [0.1, 0.15) is 43.9 Å². The Morgan fingerprint density at radius 1 is 1.22 bits per heavy atom. The minimum Gasteiger partial charge on any atom is -0.483 e. The van der Waals surface area contributed by atoms with Gasteiger partial charge in [0.1, 0.15) is 6.10 Å². The molecule has 6 nitrogen and oxygen atoms in total. The number of aliphatic carboxylic acids is 1. The van der Waals surface area contributed by atoms with E-state index in [1.807, 2.05) is 37.8 Å². The average molecular weight is 551 g/mol. The minimum atomic E-state index is -0.711. The zero-order valence-electron chi connectivity index (χ0n) is 21.3. The average Bonchev–Trinajstić information content (AvgIpc) is 2.80. The van der Waals surface area contributed by atoms with E-state index < -0.39 is 17.5 Å². The molecule has 0 bridgehead atoms. The zero-order chi connectivity index (χ0) is 26.5. The van der Waals surface area contributed by atoms with E-state index in [-0.39, 0.29) is 17.7 Å². The molecule has 0 amide bonds. The number of aryl methyl sites for hydroxylation is 1. The first-order valence-electron chi connectivity index (χ1n) is 12.8. The molecule has 2 aromatic rings. The first kappa shape index (κ1) is 26.5. The number of morpholine rings is 1. The molecule has 2 aliphatic heterocycles. The maximum atomic E-state index is 15.7. The number of benzene rings is 2. The van der Waals surface area contributed by atoms with Crippen molar-refractivity contribution in [1.29, 1.82) is 0 Å². The number of rotatable bonds is 7. The van der Waals surface area contributed by atoms with E-state index in [1.165, 1.54) is 0 Å². The predicted molar refractivity (Wildman–Crippen MR) is 142 cm³/mol. The Morgan fingerprint density at radius 3 is 2.62 bits per heavy atom. The van der Waals surface area contributed by atoms with E-state index in [0.717, 1.165) is 24.2 Å². The highest BCUT2D eigenvalue weighted by molar-refractivity contribution is 6.35. The molecule has 0 radical (unpaired) electrons. The molecule has 0 aromatic heterocycles. The van der Waals surface area contributed by atoms with Crippen LogP contribution in [0.15, 0.2) is 30.3 Å². The van der Waals surface area contributed by atoms with Gasteiger partial charge in [-0.3, -0.25) is 9.69 Å². The Kier molecular flexibility index (Phi) is 7.35. The lowest BCUT2D eigenvalue weighted by molar-refractivity contribution is -0.161. The van der Waals surface area contributed by atoms with Crippen LogP contribution in [0, 0.1) is 24.1 Å². The highest BCUT2D eigenvalue weighted by Gasteiger charge is 2.50. The number of nitrogens with zero attached hydrogens (tertiary/aromatic N) is 2. The van der Waals surface area contributed by atoms with Gasteiger partial charge in [0.2, 0.25) is 0 Å². The molecule has 0 unspecified atom stereocenters. The summed E-state index contributed by atoms with van der Waals surface area (Å²) in [5.41, 5.74) is 1.38. The third kappa shape index (κ3) is 5.16. The van der Waals surface area contributed by atoms with Crippen LogP contribution < -0.4 is 9.64 Å². The van der Waals surface area contributed by atoms with E-state index in [1.54, 1.807) is 18.2 Å².